The van der Waals surface area contributed by atoms with Crippen molar-refractivity contribution in [3.05, 3.63) is 59.9 Å². The van der Waals surface area contributed by atoms with Gasteiger partial charge in [-0.2, -0.15) is 0 Å². The van der Waals surface area contributed by atoms with Crippen molar-refractivity contribution in [2.24, 2.45) is 0 Å². The van der Waals surface area contributed by atoms with E-state index in [9.17, 15) is 9.18 Å². The third kappa shape index (κ3) is 4.72. The maximum Gasteiger partial charge on any atom is 0.417 e. The van der Waals surface area contributed by atoms with Crippen molar-refractivity contribution in [2.75, 3.05) is 5.32 Å². The molecule has 0 bridgehead atoms. The Kier molecular flexibility index (Phi) is 6.23. The van der Waals surface area contributed by atoms with Crippen molar-refractivity contribution in [2.45, 2.75) is 20.8 Å². The summed E-state index contributed by atoms with van der Waals surface area (Å²) in [7, 11) is 0. The molecule has 0 saturated heterocycles. The van der Waals surface area contributed by atoms with E-state index in [4.69, 9.17) is 4.74 Å². The fourth-order valence-electron chi connectivity index (χ4n) is 1.46. The van der Waals surface area contributed by atoms with Gasteiger partial charge in [0.1, 0.15) is 11.6 Å². The first kappa shape index (κ1) is 15.7. The molecule has 0 heterocycles. The predicted octanol–water partition coefficient (Wildman–Crippen LogP) is 4.77. The Morgan fingerprint density at radius 2 is 1.75 bits per heavy atom. The van der Waals surface area contributed by atoms with Gasteiger partial charge in [-0.3, -0.25) is 5.32 Å². The molecule has 0 spiro atoms. The van der Waals surface area contributed by atoms with Crippen LogP contribution in [0.3, 0.4) is 0 Å². The lowest BCUT2D eigenvalue weighted by Crippen LogP contribution is -2.16. The number of nitrogens with one attached hydrogen (secondary N) is 1. The first-order valence-corrected chi connectivity index (χ1v) is 6.45. The number of anilines is 1. The van der Waals surface area contributed by atoms with Crippen molar-refractivity contribution < 1.29 is 13.9 Å². The number of para-hydroxylation sites is 1. The average Bonchev–Trinajstić information content (AvgIpc) is 2.46. The summed E-state index contributed by atoms with van der Waals surface area (Å²) in [6.07, 6.45) is -0.604. The minimum Gasteiger partial charge on any atom is -0.410 e. The van der Waals surface area contributed by atoms with Gasteiger partial charge in [0, 0.05) is 5.69 Å². The highest BCUT2D eigenvalue weighted by atomic mass is 19.1. The van der Waals surface area contributed by atoms with Crippen LogP contribution < -0.4 is 10.1 Å². The molecule has 0 fully saturated rings. The van der Waals surface area contributed by atoms with Gasteiger partial charge < -0.3 is 4.74 Å². The van der Waals surface area contributed by atoms with E-state index in [-0.39, 0.29) is 5.82 Å². The molecule has 0 aromatic heterocycles. The number of hydrogen-bond donors (Lipinski definition) is 1. The number of hydrogen-bond acceptors (Lipinski definition) is 2. The molecule has 2 rings (SSSR count). The van der Waals surface area contributed by atoms with Gasteiger partial charge in [0.05, 0.1) is 0 Å². The molecule has 2 aromatic carbocycles. The fourth-order valence-corrected chi connectivity index (χ4v) is 1.46. The lowest BCUT2D eigenvalue weighted by molar-refractivity contribution is 0.215. The molecule has 106 valence electrons. The van der Waals surface area contributed by atoms with Crippen LogP contribution in [0.25, 0.3) is 0 Å². The predicted molar refractivity (Wildman–Crippen MR) is 78.6 cm³/mol. The Hall–Kier alpha value is -2.36. The standard InChI is InChI=1S/C14H12FNO2.C2H6/c1-10-9-11(7-8-13(10)15)16-14(17)18-12-5-3-2-4-6-12;1-2/h2-9H,1H3,(H,16,17);1-2H3. The molecule has 3 nitrogen and oxygen atoms in total. The molecule has 0 aliphatic carbocycles. The Bertz CT molecular complexity index is 556. The Balaban J connectivity index is 0.000000956. The molecular formula is C16H18FNO2. The Morgan fingerprint density at radius 1 is 1.10 bits per heavy atom. The van der Waals surface area contributed by atoms with Gasteiger partial charge in [0.2, 0.25) is 0 Å². The van der Waals surface area contributed by atoms with Crippen LogP contribution in [-0.4, -0.2) is 6.09 Å². The third-order valence-corrected chi connectivity index (χ3v) is 2.36. The number of amides is 1. The van der Waals surface area contributed by atoms with Gasteiger partial charge in [-0.05, 0) is 42.8 Å². The number of aryl methyl sites for hydroxylation is 1. The lowest BCUT2D eigenvalue weighted by atomic mass is 10.2. The van der Waals surface area contributed by atoms with Crippen LogP contribution in [0, 0.1) is 12.7 Å². The van der Waals surface area contributed by atoms with E-state index in [2.05, 4.69) is 5.32 Å². The highest BCUT2D eigenvalue weighted by molar-refractivity contribution is 5.86. The van der Waals surface area contributed by atoms with E-state index in [1.807, 2.05) is 19.9 Å². The summed E-state index contributed by atoms with van der Waals surface area (Å²) in [5.41, 5.74) is 0.961. The zero-order chi connectivity index (χ0) is 15.0. The van der Waals surface area contributed by atoms with Crippen molar-refractivity contribution >= 4 is 11.8 Å². The summed E-state index contributed by atoms with van der Waals surface area (Å²) in [5.74, 6) is 0.144. The molecule has 20 heavy (non-hydrogen) atoms. The summed E-state index contributed by atoms with van der Waals surface area (Å²) >= 11 is 0. The molecule has 0 aliphatic heterocycles. The summed E-state index contributed by atoms with van der Waals surface area (Å²) in [6.45, 7) is 5.63. The monoisotopic (exact) mass is 275 g/mol. The maximum absolute atomic E-state index is 13.0. The fraction of sp³-hybridized carbons (Fsp3) is 0.188. The van der Waals surface area contributed by atoms with Crippen LogP contribution in [0.5, 0.6) is 5.75 Å². The number of ether oxygens (including phenoxy) is 1. The molecule has 0 saturated carbocycles. The van der Waals surface area contributed by atoms with E-state index in [0.717, 1.165) is 0 Å². The summed E-state index contributed by atoms with van der Waals surface area (Å²) in [6, 6.07) is 13.0. The van der Waals surface area contributed by atoms with E-state index in [1.165, 1.54) is 12.1 Å². The highest BCUT2D eigenvalue weighted by Crippen LogP contribution is 2.15. The first-order valence-electron chi connectivity index (χ1n) is 6.45. The van der Waals surface area contributed by atoms with Crippen LogP contribution in [0.1, 0.15) is 19.4 Å². The molecule has 1 N–H and O–H groups in total. The van der Waals surface area contributed by atoms with Gasteiger partial charge in [0.15, 0.2) is 0 Å². The van der Waals surface area contributed by atoms with E-state index < -0.39 is 6.09 Å². The number of rotatable bonds is 2. The van der Waals surface area contributed by atoms with Crippen LogP contribution in [0.2, 0.25) is 0 Å². The molecule has 0 atom stereocenters. The minimum atomic E-state index is -0.604. The average molecular weight is 275 g/mol. The smallest absolute Gasteiger partial charge is 0.410 e. The molecule has 0 unspecified atom stereocenters. The van der Waals surface area contributed by atoms with Gasteiger partial charge >= 0.3 is 6.09 Å². The summed E-state index contributed by atoms with van der Waals surface area (Å²) in [5, 5.41) is 2.53. The second-order valence-corrected chi connectivity index (χ2v) is 3.79. The topological polar surface area (TPSA) is 38.3 Å². The molecular weight excluding hydrogens is 257 g/mol. The Morgan fingerprint density at radius 3 is 2.35 bits per heavy atom. The van der Waals surface area contributed by atoms with Gasteiger partial charge in [0.25, 0.3) is 0 Å². The molecule has 0 radical (unpaired) electrons. The quantitative estimate of drug-likeness (QED) is 0.857. The van der Waals surface area contributed by atoms with E-state index in [1.54, 1.807) is 37.3 Å². The van der Waals surface area contributed by atoms with Crippen LogP contribution in [0.15, 0.2) is 48.5 Å². The molecule has 1 amide bonds. The normalized spacial score (nSPS) is 9.20. The number of benzene rings is 2. The summed E-state index contributed by atoms with van der Waals surface area (Å²) < 4.78 is 18.1. The molecule has 2 aromatic rings. The van der Waals surface area contributed by atoms with Gasteiger partial charge in [-0.1, -0.05) is 32.0 Å². The van der Waals surface area contributed by atoms with Crippen molar-refractivity contribution in [1.29, 1.82) is 0 Å². The maximum atomic E-state index is 13.0. The zero-order valence-corrected chi connectivity index (χ0v) is 11.8. The van der Waals surface area contributed by atoms with Crippen molar-refractivity contribution in [3.8, 4) is 5.75 Å². The van der Waals surface area contributed by atoms with Crippen LogP contribution >= 0.6 is 0 Å². The number of carbonyl (C=O) groups excluding carboxylic acids is 1. The van der Waals surface area contributed by atoms with Crippen LogP contribution in [0.4, 0.5) is 14.9 Å². The van der Waals surface area contributed by atoms with Gasteiger partial charge in [-0.25, -0.2) is 9.18 Å². The minimum absolute atomic E-state index is 0.308. The third-order valence-electron chi connectivity index (χ3n) is 2.36. The number of halogens is 1. The van der Waals surface area contributed by atoms with Crippen LogP contribution in [-0.2, 0) is 0 Å². The second-order valence-electron chi connectivity index (χ2n) is 3.79. The second kappa shape index (κ2) is 7.94. The first-order chi connectivity index (χ1) is 9.65. The largest absolute Gasteiger partial charge is 0.417 e. The van der Waals surface area contributed by atoms with E-state index >= 15 is 0 Å². The number of carbonyl (C=O) groups is 1. The summed E-state index contributed by atoms with van der Waals surface area (Å²) in [4.78, 5) is 11.6. The molecule has 4 heteroatoms. The van der Waals surface area contributed by atoms with Crippen molar-refractivity contribution in [1.82, 2.24) is 0 Å². The highest BCUT2D eigenvalue weighted by Gasteiger charge is 2.06. The molecule has 0 aliphatic rings. The lowest BCUT2D eigenvalue weighted by Gasteiger charge is -2.07. The SMILES string of the molecule is CC.Cc1cc(NC(=O)Oc2ccccc2)ccc1F. The zero-order valence-electron chi connectivity index (χ0n) is 11.8. The van der Waals surface area contributed by atoms with Crippen molar-refractivity contribution in [3.63, 3.8) is 0 Å². The Labute approximate surface area is 118 Å². The van der Waals surface area contributed by atoms with Gasteiger partial charge in [-0.15, -0.1) is 0 Å². The van der Waals surface area contributed by atoms with E-state index in [0.29, 0.717) is 17.0 Å².